The molecule has 3 aromatic carbocycles. The van der Waals surface area contributed by atoms with Crippen LogP contribution in [0, 0.1) is 17.2 Å². The molecule has 1 aliphatic carbocycles. The Morgan fingerprint density at radius 3 is 2.50 bits per heavy atom. The van der Waals surface area contributed by atoms with Gasteiger partial charge >= 0.3 is 0 Å². The first kappa shape index (κ1) is 16.8. The lowest BCUT2D eigenvalue weighted by molar-refractivity contribution is 0.202. The van der Waals surface area contributed by atoms with Crippen molar-refractivity contribution in [2.45, 2.75) is 38.8 Å². The van der Waals surface area contributed by atoms with E-state index in [1.54, 1.807) is 0 Å². The number of rotatable bonds is 3. The van der Waals surface area contributed by atoms with E-state index in [4.69, 9.17) is 5.26 Å². The normalized spacial score (nSPS) is 19.1. The molecule has 4 rings (SSSR count). The molecule has 2 atom stereocenters. The molecule has 0 saturated carbocycles. The molecule has 130 valence electrons. The minimum absolute atomic E-state index is 0.169. The van der Waals surface area contributed by atoms with Gasteiger partial charge in [-0.05, 0) is 70.0 Å². The van der Waals surface area contributed by atoms with Crippen LogP contribution in [0.3, 0.4) is 0 Å². The highest BCUT2D eigenvalue weighted by Crippen LogP contribution is 2.36. The molecule has 0 spiro atoms. The quantitative estimate of drug-likeness (QED) is 0.553. The number of halogens is 1. The van der Waals surface area contributed by atoms with Crippen molar-refractivity contribution in [3.8, 4) is 17.2 Å². The Labute approximate surface area is 154 Å². The molecule has 0 radical (unpaired) electrons. The molecule has 0 saturated heterocycles. The number of nitriles is 1. The Balaban J connectivity index is 1.73. The molecule has 0 amide bonds. The van der Waals surface area contributed by atoms with E-state index in [-0.39, 0.29) is 5.92 Å². The molecule has 1 aliphatic rings. The molecule has 0 bridgehead atoms. The zero-order valence-corrected chi connectivity index (χ0v) is 15.0. The summed E-state index contributed by atoms with van der Waals surface area (Å²) in [7, 11) is 0. The molecule has 2 unspecified atom stereocenters. The van der Waals surface area contributed by atoms with Crippen molar-refractivity contribution < 1.29 is 4.39 Å². The van der Waals surface area contributed by atoms with Crippen LogP contribution in [0.4, 0.5) is 4.39 Å². The van der Waals surface area contributed by atoms with E-state index in [2.05, 4.69) is 43.3 Å². The molecule has 0 heterocycles. The maximum absolute atomic E-state index is 14.6. The van der Waals surface area contributed by atoms with Crippen LogP contribution in [0.15, 0.2) is 54.6 Å². The van der Waals surface area contributed by atoms with Gasteiger partial charge in [0, 0.05) is 6.42 Å². The second-order valence-electron chi connectivity index (χ2n) is 7.30. The summed E-state index contributed by atoms with van der Waals surface area (Å²) >= 11 is 0. The van der Waals surface area contributed by atoms with Crippen molar-refractivity contribution in [3.63, 3.8) is 0 Å². The minimum atomic E-state index is -0.730. The highest BCUT2D eigenvalue weighted by molar-refractivity contribution is 5.91. The fourth-order valence-electron chi connectivity index (χ4n) is 4.21. The number of hydrogen-bond donors (Lipinski definition) is 0. The van der Waals surface area contributed by atoms with Gasteiger partial charge in [-0.2, -0.15) is 5.26 Å². The standard InChI is InChI=1S/C24H22FN/c1-2-3-21-13-20-9-8-19-12-18(17-6-4-16(15-26)5-7-17)10-11-22(19)23(20)14-24(21)25/h4-12,21,24H,2-3,13-14H2,1H3. The van der Waals surface area contributed by atoms with Gasteiger partial charge in [0.25, 0.3) is 0 Å². The first-order valence-electron chi connectivity index (χ1n) is 9.38. The maximum atomic E-state index is 14.6. The Hall–Kier alpha value is -2.66. The smallest absolute Gasteiger partial charge is 0.107 e. The van der Waals surface area contributed by atoms with Crippen molar-refractivity contribution in [2.24, 2.45) is 5.92 Å². The van der Waals surface area contributed by atoms with Gasteiger partial charge in [-0.25, -0.2) is 4.39 Å². The second kappa shape index (κ2) is 6.92. The van der Waals surface area contributed by atoms with Crippen LogP contribution in [0.1, 0.15) is 36.5 Å². The predicted molar refractivity (Wildman–Crippen MR) is 105 cm³/mol. The van der Waals surface area contributed by atoms with Crippen LogP contribution in [0.2, 0.25) is 0 Å². The van der Waals surface area contributed by atoms with Crippen molar-refractivity contribution in [3.05, 3.63) is 71.3 Å². The Morgan fingerprint density at radius 1 is 1.00 bits per heavy atom. The lowest BCUT2D eigenvalue weighted by atomic mass is 9.78. The lowest BCUT2D eigenvalue weighted by Crippen LogP contribution is -2.26. The van der Waals surface area contributed by atoms with E-state index in [9.17, 15) is 4.39 Å². The van der Waals surface area contributed by atoms with Crippen LogP contribution >= 0.6 is 0 Å². The van der Waals surface area contributed by atoms with E-state index < -0.39 is 6.17 Å². The zero-order chi connectivity index (χ0) is 18.1. The Bertz CT molecular complexity index is 982. The van der Waals surface area contributed by atoms with Gasteiger partial charge in [-0.15, -0.1) is 0 Å². The molecule has 1 nitrogen and oxygen atoms in total. The van der Waals surface area contributed by atoms with E-state index in [1.165, 1.54) is 16.5 Å². The largest absolute Gasteiger partial charge is 0.247 e. The molecule has 2 heteroatoms. The third-order valence-corrected chi connectivity index (χ3v) is 5.63. The monoisotopic (exact) mass is 343 g/mol. The van der Waals surface area contributed by atoms with Gasteiger partial charge < -0.3 is 0 Å². The summed E-state index contributed by atoms with van der Waals surface area (Å²) in [5, 5.41) is 11.3. The lowest BCUT2D eigenvalue weighted by Gasteiger charge is -2.29. The summed E-state index contributed by atoms with van der Waals surface area (Å²) in [5.41, 5.74) is 5.39. The maximum Gasteiger partial charge on any atom is 0.107 e. The van der Waals surface area contributed by atoms with Gasteiger partial charge in [0.05, 0.1) is 11.6 Å². The first-order chi connectivity index (χ1) is 12.7. The van der Waals surface area contributed by atoms with E-state index in [0.29, 0.717) is 12.0 Å². The van der Waals surface area contributed by atoms with Crippen molar-refractivity contribution >= 4 is 10.8 Å². The van der Waals surface area contributed by atoms with Crippen LogP contribution in [0.25, 0.3) is 21.9 Å². The Kier molecular flexibility index (Phi) is 4.47. The topological polar surface area (TPSA) is 23.8 Å². The van der Waals surface area contributed by atoms with E-state index in [0.717, 1.165) is 35.8 Å². The molecule has 26 heavy (non-hydrogen) atoms. The van der Waals surface area contributed by atoms with Crippen LogP contribution in [0.5, 0.6) is 0 Å². The predicted octanol–water partition coefficient (Wildman–Crippen LogP) is 6.23. The summed E-state index contributed by atoms with van der Waals surface area (Å²) in [5.74, 6) is 0.169. The van der Waals surface area contributed by atoms with Gasteiger partial charge in [0.2, 0.25) is 0 Å². The third-order valence-electron chi connectivity index (χ3n) is 5.63. The van der Waals surface area contributed by atoms with Crippen molar-refractivity contribution in [1.29, 1.82) is 5.26 Å². The fourth-order valence-corrected chi connectivity index (χ4v) is 4.21. The van der Waals surface area contributed by atoms with Crippen molar-refractivity contribution in [2.75, 3.05) is 0 Å². The van der Waals surface area contributed by atoms with Gasteiger partial charge in [0.15, 0.2) is 0 Å². The molecule has 0 aromatic heterocycles. The van der Waals surface area contributed by atoms with Gasteiger partial charge in [0.1, 0.15) is 6.17 Å². The summed E-state index contributed by atoms with van der Waals surface area (Å²) in [6.45, 7) is 2.13. The average molecular weight is 343 g/mol. The van der Waals surface area contributed by atoms with Gasteiger partial charge in [-0.3, -0.25) is 0 Å². The first-order valence-corrected chi connectivity index (χ1v) is 9.38. The number of alkyl halides is 1. The molecular formula is C24H22FN. The summed E-state index contributed by atoms with van der Waals surface area (Å²) in [4.78, 5) is 0. The minimum Gasteiger partial charge on any atom is -0.247 e. The summed E-state index contributed by atoms with van der Waals surface area (Å²) < 4.78 is 14.6. The zero-order valence-electron chi connectivity index (χ0n) is 15.0. The summed E-state index contributed by atoms with van der Waals surface area (Å²) in [6, 6.07) is 20.6. The summed E-state index contributed by atoms with van der Waals surface area (Å²) in [6.07, 6.45) is 2.68. The molecule has 3 aromatic rings. The fraction of sp³-hybridized carbons (Fsp3) is 0.292. The molecule has 0 fully saturated rings. The van der Waals surface area contributed by atoms with Gasteiger partial charge in [-0.1, -0.05) is 49.7 Å². The number of hydrogen-bond acceptors (Lipinski definition) is 1. The third kappa shape index (κ3) is 2.99. The van der Waals surface area contributed by atoms with E-state index >= 15 is 0 Å². The van der Waals surface area contributed by atoms with Crippen LogP contribution < -0.4 is 0 Å². The number of benzene rings is 3. The molecule has 0 N–H and O–H groups in total. The van der Waals surface area contributed by atoms with Crippen LogP contribution in [-0.4, -0.2) is 6.17 Å². The number of nitrogens with zero attached hydrogens (tertiary/aromatic N) is 1. The average Bonchev–Trinajstić information content (AvgIpc) is 2.68. The second-order valence-corrected chi connectivity index (χ2v) is 7.30. The van der Waals surface area contributed by atoms with Crippen molar-refractivity contribution in [1.82, 2.24) is 0 Å². The highest BCUT2D eigenvalue weighted by atomic mass is 19.1. The van der Waals surface area contributed by atoms with Crippen LogP contribution in [-0.2, 0) is 12.8 Å². The Morgan fingerprint density at radius 2 is 1.77 bits per heavy atom. The SMILES string of the molecule is CCCC1Cc2ccc3cc(-c4ccc(C#N)cc4)ccc3c2CC1F. The number of fused-ring (bicyclic) bond motifs is 3. The molecular weight excluding hydrogens is 321 g/mol. The van der Waals surface area contributed by atoms with E-state index in [1.807, 2.05) is 24.3 Å². The highest BCUT2D eigenvalue weighted by Gasteiger charge is 2.28. The molecule has 0 aliphatic heterocycles.